The lowest BCUT2D eigenvalue weighted by molar-refractivity contribution is -0.161. The summed E-state index contributed by atoms with van der Waals surface area (Å²) in [5.74, 6) is 0.206. The second-order valence-electron chi connectivity index (χ2n) is 27.9. The van der Waals surface area contributed by atoms with Crippen molar-refractivity contribution < 1.29 is 80.2 Å². The molecule has 0 saturated carbocycles. The lowest BCUT2D eigenvalue weighted by atomic mass is 9.99. The zero-order valence-electron chi connectivity index (χ0n) is 60.7. The van der Waals surface area contributed by atoms with Crippen LogP contribution in [0.2, 0.25) is 0 Å². The van der Waals surface area contributed by atoms with Crippen LogP contribution in [0.4, 0.5) is 0 Å². The van der Waals surface area contributed by atoms with E-state index in [1.807, 2.05) is 0 Å². The molecule has 0 amide bonds. The fourth-order valence-corrected chi connectivity index (χ4v) is 12.8. The van der Waals surface area contributed by atoms with E-state index in [2.05, 4.69) is 48.5 Å². The third kappa shape index (κ3) is 67.0. The zero-order valence-corrected chi connectivity index (χ0v) is 62.5. The largest absolute Gasteiger partial charge is 0.472 e. The van der Waals surface area contributed by atoms with Crippen molar-refractivity contribution in [1.29, 1.82) is 0 Å². The third-order valence-corrected chi connectivity index (χ3v) is 19.4. The van der Waals surface area contributed by atoms with Crippen molar-refractivity contribution in [3.63, 3.8) is 0 Å². The number of hydrogen-bond donors (Lipinski definition) is 3. The third-order valence-electron chi connectivity index (χ3n) is 17.5. The van der Waals surface area contributed by atoms with Crippen LogP contribution in [0.5, 0.6) is 0 Å². The maximum absolute atomic E-state index is 13.1. The number of phosphoric ester groups is 2. The van der Waals surface area contributed by atoms with E-state index in [-0.39, 0.29) is 25.7 Å². The molecule has 93 heavy (non-hydrogen) atoms. The molecule has 17 nitrogen and oxygen atoms in total. The predicted octanol–water partition coefficient (Wildman–Crippen LogP) is 21.4. The number of aliphatic hydroxyl groups excluding tert-OH is 1. The van der Waals surface area contributed by atoms with Crippen molar-refractivity contribution in [2.24, 2.45) is 17.8 Å². The van der Waals surface area contributed by atoms with Crippen molar-refractivity contribution in [3.05, 3.63) is 0 Å². The van der Waals surface area contributed by atoms with E-state index in [1.165, 1.54) is 186 Å². The van der Waals surface area contributed by atoms with Crippen molar-refractivity contribution in [2.75, 3.05) is 39.6 Å². The van der Waals surface area contributed by atoms with Crippen LogP contribution in [0.3, 0.4) is 0 Å². The predicted molar refractivity (Wildman–Crippen MR) is 377 cm³/mol. The van der Waals surface area contributed by atoms with E-state index in [1.54, 1.807) is 0 Å². The molecule has 0 aromatic rings. The average molecular weight is 1370 g/mol. The summed E-state index contributed by atoms with van der Waals surface area (Å²) in [6.45, 7) is 11.9. The van der Waals surface area contributed by atoms with E-state index in [0.717, 1.165) is 108 Å². The Morgan fingerprint density at radius 1 is 0.312 bits per heavy atom. The Hall–Kier alpha value is -1.94. The summed E-state index contributed by atoms with van der Waals surface area (Å²) < 4.78 is 68.4. The molecule has 0 rings (SSSR count). The molecule has 19 heteroatoms. The molecule has 0 aliphatic carbocycles. The number of unbranched alkanes of at least 4 members (excludes halogenated alkanes) is 39. The lowest BCUT2D eigenvalue weighted by Gasteiger charge is -2.21. The molecule has 0 saturated heterocycles. The van der Waals surface area contributed by atoms with E-state index >= 15 is 0 Å². The number of rotatable bonds is 72. The Labute approximate surface area is 568 Å². The molecule has 0 fully saturated rings. The van der Waals surface area contributed by atoms with Crippen molar-refractivity contribution in [1.82, 2.24) is 0 Å². The number of carbonyl (C=O) groups is 4. The lowest BCUT2D eigenvalue weighted by Crippen LogP contribution is -2.30. The Kier molecular flexibility index (Phi) is 63.4. The minimum Gasteiger partial charge on any atom is -0.462 e. The highest BCUT2D eigenvalue weighted by Gasteiger charge is 2.30. The second-order valence-corrected chi connectivity index (χ2v) is 30.8. The van der Waals surface area contributed by atoms with Crippen LogP contribution < -0.4 is 0 Å². The first-order chi connectivity index (χ1) is 44.8. The zero-order chi connectivity index (χ0) is 68.7. The monoisotopic (exact) mass is 1370 g/mol. The van der Waals surface area contributed by atoms with Gasteiger partial charge in [-0.2, -0.15) is 0 Å². The maximum atomic E-state index is 13.1. The van der Waals surface area contributed by atoms with E-state index in [4.69, 9.17) is 37.0 Å². The van der Waals surface area contributed by atoms with Gasteiger partial charge in [0, 0.05) is 25.7 Å². The summed E-state index contributed by atoms with van der Waals surface area (Å²) in [7, 11) is -9.91. The molecule has 0 radical (unpaired) electrons. The van der Waals surface area contributed by atoms with Crippen LogP contribution >= 0.6 is 15.6 Å². The van der Waals surface area contributed by atoms with Gasteiger partial charge in [0.1, 0.15) is 19.3 Å². The molecule has 6 atom stereocenters. The van der Waals surface area contributed by atoms with Crippen LogP contribution in [0.25, 0.3) is 0 Å². The number of aliphatic hydroxyl groups is 1. The molecule has 3 N–H and O–H groups in total. The Morgan fingerprint density at radius 3 is 0.817 bits per heavy atom. The summed E-state index contributed by atoms with van der Waals surface area (Å²) in [4.78, 5) is 72.7. The van der Waals surface area contributed by atoms with Gasteiger partial charge in [-0.3, -0.25) is 37.3 Å². The van der Waals surface area contributed by atoms with Gasteiger partial charge in [-0.05, 0) is 43.4 Å². The van der Waals surface area contributed by atoms with Crippen molar-refractivity contribution in [2.45, 2.75) is 394 Å². The van der Waals surface area contributed by atoms with Gasteiger partial charge < -0.3 is 33.8 Å². The molecule has 0 bridgehead atoms. The highest BCUT2D eigenvalue weighted by atomic mass is 31.2. The SMILES string of the molecule is CCCCCCCCCCCCCC(=O)OC[C@H](COP(=O)(O)OC[C@H](O)COP(=O)(O)OC[C@@H](COC(=O)CCCCCCCCCCCC(C)C)OC(=O)CCCCCCCCCCCCCCCCC(C)CC)OC(=O)CCCCCCCCCCCC(C)C. The number of carbonyl (C=O) groups excluding carboxylic acids is 4. The van der Waals surface area contributed by atoms with Crippen molar-refractivity contribution >= 4 is 39.5 Å². The molecule has 0 heterocycles. The Balaban J connectivity index is 5.24. The summed E-state index contributed by atoms with van der Waals surface area (Å²) in [5, 5.41) is 10.6. The first kappa shape index (κ1) is 91.1. The minimum absolute atomic E-state index is 0.105. The van der Waals surface area contributed by atoms with Gasteiger partial charge in [0.05, 0.1) is 26.4 Å². The van der Waals surface area contributed by atoms with E-state index in [9.17, 15) is 43.2 Å². The van der Waals surface area contributed by atoms with Crippen LogP contribution in [-0.4, -0.2) is 96.7 Å². The van der Waals surface area contributed by atoms with Gasteiger partial charge in [-0.25, -0.2) is 9.13 Å². The van der Waals surface area contributed by atoms with Crippen LogP contribution in [0.1, 0.15) is 376 Å². The maximum Gasteiger partial charge on any atom is 0.472 e. The highest BCUT2D eigenvalue weighted by molar-refractivity contribution is 7.47. The normalized spacial score (nSPS) is 14.4. The van der Waals surface area contributed by atoms with Gasteiger partial charge in [0.25, 0.3) is 0 Å². The van der Waals surface area contributed by atoms with Crippen LogP contribution in [0.15, 0.2) is 0 Å². The smallest absolute Gasteiger partial charge is 0.462 e. The first-order valence-electron chi connectivity index (χ1n) is 38.4. The summed E-state index contributed by atoms with van der Waals surface area (Å²) >= 11 is 0. The molecule has 0 aliphatic rings. The molecular weight excluding hydrogens is 1220 g/mol. The van der Waals surface area contributed by atoms with Gasteiger partial charge >= 0.3 is 39.5 Å². The minimum atomic E-state index is -4.96. The van der Waals surface area contributed by atoms with E-state index < -0.39 is 97.5 Å². The standard InChI is InChI=1S/C74H144O17P2/c1-8-10-11-12-13-14-19-27-34-41-48-55-71(76)84-61-70(91-74(79)58-51-44-37-30-23-25-32-39-46-53-66(5)6)64-89-93(82,83)87-60-68(75)59-86-92(80,81)88-63-69(62-85-72(77)56-49-42-35-29-22-24-31-38-45-52-65(3)4)90-73(78)57-50-43-36-28-21-18-16-15-17-20-26-33-40-47-54-67(7)9-2/h65-70,75H,8-64H2,1-7H3,(H,80,81)(H,82,83)/t67?,68-,69-,70-/m1/s1. The molecular formula is C74H144O17P2. The fourth-order valence-electron chi connectivity index (χ4n) is 11.2. The number of esters is 4. The highest BCUT2D eigenvalue weighted by Crippen LogP contribution is 2.45. The quantitative estimate of drug-likeness (QED) is 0.0222. The Morgan fingerprint density at radius 2 is 0.548 bits per heavy atom. The second kappa shape index (κ2) is 64.7. The summed E-state index contributed by atoms with van der Waals surface area (Å²) in [5.41, 5.74) is 0. The average Bonchev–Trinajstić information content (AvgIpc) is 1.54. The van der Waals surface area contributed by atoms with Gasteiger partial charge in [-0.15, -0.1) is 0 Å². The number of ether oxygens (including phenoxy) is 4. The molecule has 0 aromatic carbocycles. The van der Waals surface area contributed by atoms with Crippen LogP contribution in [-0.2, 0) is 65.4 Å². The van der Waals surface area contributed by atoms with E-state index in [0.29, 0.717) is 25.7 Å². The first-order valence-corrected chi connectivity index (χ1v) is 41.4. The molecule has 0 aromatic heterocycles. The summed E-state index contributed by atoms with van der Waals surface area (Å²) in [6, 6.07) is 0. The van der Waals surface area contributed by atoms with Crippen LogP contribution in [0, 0.1) is 17.8 Å². The topological polar surface area (TPSA) is 237 Å². The van der Waals surface area contributed by atoms with Gasteiger partial charge in [-0.1, -0.05) is 325 Å². The number of hydrogen-bond acceptors (Lipinski definition) is 15. The summed E-state index contributed by atoms with van der Waals surface area (Å²) in [6.07, 6.45) is 49.8. The van der Waals surface area contributed by atoms with Gasteiger partial charge in [0.2, 0.25) is 0 Å². The molecule has 0 spiro atoms. The Bertz CT molecular complexity index is 1820. The molecule has 3 unspecified atom stereocenters. The fraction of sp³-hybridized carbons (Fsp3) is 0.946. The number of phosphoric acid groups is 2. The molecule has 0 aliphatic heterocycles. The molecule has 552 valence electrons. The van der Waals surface area contributed by atoms with Crippen molar-refractivity contribution in [3.8, 4) is 0 Å². The van der Waals surface area contributed by atoms with Gasteiger partial charge in [0.15, 0.2) is 12.2 Å².